The van der Waals surface area contributed by atoms with E-state index in [-0.39, 0.29) is 17.1 Å². The standard InChI is InChI=1S/C32H36F2N2O5S/c1-31(2,3)21-40-30(37)36-14-11-32(12-15-36)10-9-23-16-22(7-8-29(23)41-32)24-17-27(33)26(28(34)18-24)20-42(38,39)19-25-6-4-5-13-35-25/h4-8,13,16-18H,9-12,14-15,19-21H2,1-3H3. The summed E-state index contributed by atoms with van der Waals surface area (Å²) < 4.78 is 67.3. The number of carbonyl (C=O) groups excluding carboxylic acids is 1. The minimum Gasteiger partial charge on any atom is -0.487 e. The van der Waals surface area contributed by atoms with E-state index >= 15 is 8.78 Å². The topological polar surface area (TPSA) is 85.8 Å². The minimum absolute atomic E-state index is 0.0949. The molecule has 7 nitrogen and oxygen atoms in total. The number of sulfone groups is 1. The first-order valence-electron chi connectivity index (χ1n) is 14.1. The maximum atomic E-state index is 15.1. The Balaban J connectivity index is 1.25. The molecule has 2 aromatic carbocycles. The lowest BCUT2D eigenvalue weighted by molar-refractivity contribution is -0.0171. The molecule has 42 heavy (non-hydrogen) atoms. The maximum absolute atomic E-state index is 15.1. The van der Waals surface area contributed by atoms with Gasteiger partial charge in [-0.1, -0.05) is 32.9 Å². The number of likely N-dealkylation sites (tertiary alicyclic amines) is 1. The highest BCUT2D eigenvalue weighted by Gasteiger charge is 2.41. The van der Waals surface area contributed by atoms with Crippen molar-refractivity contribution in [3.63, 3.8) is 0 Å². The van der Waals surface area contributed by atoms with Crippen LogP contribution in [0.2, 0.25) is 0 Å². The third-order valence-electron chi connectivity index (χ3n) is 7.73. The van der Waals surface area contributed by atoms with Crippen molar-refractivity contribution in [1.82, 2.24) is 9.88 Å². The first-order chi connectivity index (χ1) is 19.8. The zero-order valence-corrected chi connectivity index (χ0v) is 25.0. The number of rotatable bonds is 6. The maximum Gasteiger partial charge on any atom is 0.409 e. The van der Waals surface area contributed by atoms with Gasteiger partial charge in [-0.15, -0.1) is 0 Å². The highest BCUT2D eigenvalue weighted by Crippen LogP contribution is 2.41. The zero-order chi connectivity index (χ0) is 30.1. The molecule has 1 amide bonds. The third kappa shape index (κ3) is 7.09. The number of pyridine rings is 1. The summed E-state index contributed by atoms with van der Waals surface area (Å²) in [7, 11) is -3.84. The van der Waals surface area contributed by atoms with Crippen LogP contribution in [0.15, 0.2) is 54.7 Å². The number of piperidine rings is 1. The van der Waals surface area contributed by atoms with Crippen LogP contribution in [0.3, 0.4) is 0 Å². The number of aryl methyl sites for hydroxylation is 1. The highest BCUT2D eigenvalue weighted by atomic mass is 32.2. The molecule has 0 bridgehead atoms. The van der Waals surface area contributed by atoms with Gasteiger partial charge in [0.25, 0.3) is 0 Å². The second kappa shape index (κ2) is 11.6. The monoisotopic (exact) mass is 598 g/mol. The Labute approximate surface area is 245 Å². The molecule has 0 aliphatic carbocycles. The van der Waals surface area contributed by atoms with Gasteiger partial charge in [0.2, 0.25) is 0 Å². The van der Waals surface area contributed by atoms with Crippen LogP contribution in [0.25, 0.3) is 11.1 Å². The lowest BCUT2D eigenvalue weighted by Crippen LogP contribution is -2.51. The van der Waals surface area contributed by atoms with Crippen LogP contribution in [0.5, 0.6) is 5.75 Å². The first-order valence-corrected chi connectivity index (χ1v) is 16.0. The molecule has 2 aliphatic heterocycles. The Bertz CT molecular complexity index is 1540. The van der Waals surface area contributed by atoms with Crippen molar-refractivity contribution in [3.8, 4) is 16.9 Å². The van der Waals surface area contributed by atoms with Crippen LogP contribution < -0.4 is 4.74 Å². The fraction of sp³-hybridized carbons (Fsp3) is 0.438. The van der Waals surface area contributed by atoms with Gasteiger partial charge in [-0.05, 0) is 71.3 Å². The number of hydrogen-bond acceptors (Lipinski definition) is 6. The molecule has 0 N–H and O–H groups in total. The number of fused-ring (bicyclic) bond motifs is 1. The summed E-state index contributed by atoms with van der Waals surface area (Å²) in [6.45, 7) is 7.53. The second-order valence-corrected chi connectivity index (χ2v) is 14.5. The third-order valence-corrected chi connectivity index (χ3v) is 9.20. The zero-order valence-electron chi connectivity index (χ0n) is 24.2. The Kier molecular flexibility index (Phi) is 8.29. The number of benzene rings is 2. The van der Waals surface area contributed by atoms with Crippen LogP contribution in [0.4, 0.5) is 13.6 Å². The summed E-state index contributed by atoms with van der Waals surface area (Å²) in [4.78, 5) is 18.2. The van der Waals surface area contributed by atoms with Gasteiger partial charge < -0.3 is 14.4 Å². The number of amides is 1. The van der Waals surface area contributed by atoms with E-state index in [1.807, 2.05) is 32.9 Å². The summed E-state index contributed by atoms with van der Waals surface area (Å²) in [5, 5.41) is 0. The van der Waals surface area contributed by atoms with E-state index in [9.17, 15) is 13.2 Å². The molecule has 1 saturated heterocycles. The van der Waals surface area contributed by atoms with Crippen LogP contribution >= 0.6 is 0 Å². The van der Waals surface area contributed by atoms with E-state index in [2.05, 4.69) is 4.98 Å². The number of nitrogens with zero attached hydrogens (tertiary/aromatic N) is 2. The predicted octanol–water partition coefficient (Wildman–Crippen LogP) is 6.48. The predicted molar refractivity (Wildman–Crippen MR) is 156 cm³/mol. The molecule has 0 saturated carbocycles. The van der Waals surface area contributed by atoms with E-state index in [0.717, 1.165) is 24.2 Å². The van der Waals surface area contributed by atoms with Crippen molar-refractivity contribution in [1.29, 1.82) is 0 Å². The number of aromatic nitrogens is 1. The quantitative estimate of drug-likeness (QED) is 0.323. The molecule has 3 heterocycles. The summed E-state index contributed by atoms with van der Waals surface area (Å²) in [6.07, 6.45) is 4.06. The Hall–Kier alpha value is -3.53. The molecule has 224 valence electrons. The van der Waals surface area contributed by atoms with Crippen molar-refractivity contribution in [2.75, 3.05) is 19.7 Å². The molecule has 0 unspecified atom stereocenters. The number of halogens is 2. The van der Waals surface area contributed by atoms with Crippen LogP contribution in [-0.2, 0) is 32.5 Å². The fourth-order valence-corrected chi connectivity index (χ4v) is 6.85. The summed E-state index contributed by atoms with van der Waals surface area (Å²) in [5.41, 5.74) is 1.25. The van der Waals surface area contributed by atoms with Crippen LogP contribution in [0.1, 0.15) is 56.9 Å². The van der Waals surface area contributed by atoms with E-state index in [1.165, 1.54) is 18.3 Å². The van der Waals surface area contributed by atoms with Crippen LogP contribution in [-0.4, -0.2) is 49.7 Å². The van der Waals surface area contributed by atoms with Crippen molar-refractivity contribution < 1.29 is 31.5 Å². The van der Waals surface area contributed by atoms with E-state index in [1.54, 1.807) is 29.2 Å². The minimum atomic E-state index is -3.84. The molecule has 10 heteroatoms. The summed E-state index contributed by atoms with van der Waals surface area (Å²) in [5.74, 6) is -2.24. The number of carbonyl (C=O) groups is 1. The first kappa shape index (κ1) is 29.9. The Morgan fingerprint density at radius 3 is 2.36 bits per heavy atom. The second-order valence-electron chi connectivity index (χ2n) is 12.5. The lowest BCUT2D eigenvalue weighted by atomic mass is 9.82. The molecule has 0 radical (unpaired) electrons. The number of ether oxygens (including phenoxy) is 2. The molecule has 1 aromatic heterocycles. The van der Waals surface area contributed by atoms with Gasteiger partial charge in [0.15, 0.2) is 9.84 Å². The van der Waals surface area contributed by atoms with Gasteiger partial charge in [-0.25, -0.2) is 22.0 Å². The molecule has 0 atom stereocenters. The molecule has 1 fully saturated rings. The summed E-state index contributed by atoms with van der Waals surface area (Å²) >= 11 is 0. The average Bonchev–Trinajstić information content (AvgIpc) is 2.94. The molecule has 3 aromatic rings. The van der Waals surface area contributed by atoms with Crippen molar-refractivity contribution in [2.45, 2.75) is 63.6 Å². The molecule has 5 rings (SSSR count). The van der Waals surface area contributed by atoms with Crippen LogP contribution in [0, 0.1) is 17.0 Å². The molecule has 1 spiro atoms. The van der Waals surface area contributed by atoms with Gasteiger partial charge in [-0.2, -0.15) is 0 Å². The smallest absolute Gasteiger partial charge is 0.409 e. The number of hydrogen-bond donors (Lipinski definition) is 0. The summed E-state index contributed by atoms with van der Waals surface area (Å²) in [6, 6.07) is 12.7. The molecular formula is C32H36F2N2O5S. The Morgan fingerprint density at radius 1 is 1.00 bits per heavy atom. The molecular weight excluding hydrogens is 562 g/mol. The molecule has 2 aliphatic rings. The van der Waals surface area contributed by atoms with Crippen molar-refractivity contribution >= 4 is 15.9 Å². The van der Waals surface area contributed by atoms with Gasteiger partial charge >= 0.3 is 6.09 Å². The van der Waals surface area contributed by atoms with Crippen molar-refractivity contribution in [3.05, 3.63) is 83.2 Å². The van der Waals surface area contributed by atoms with Crippen molar-refractivity contribution in [2.24, 2.45) is 5.41 Å². The highest BCUT2D eigenvalue weighted by molar-refractivity contribution is 7.89. The van der Waals surface area contributed by atoms with Gasteiger partial charge in [0, 0.05) is 37.7 Å². The average molecular weight is 599 g/mol. The largest absolute Gasteiger partial charge is 0.487 e. The van der Waals surface area contributed by atoms with E-state index < -0.39 is 38.5 Å². The van der Waals surface area contributed by atoms with E-state index in [0.29, 0.717) is 49.4 Å². The Morgan fingerprint density at radius 2 is 1.71 bits per heavy atom. The van der Waals surface area contributed by atoms with Gasteiger partial charge in [0.1, 0.15) is 23.0 Å². The SMILES string of the molecule is CC(C)(C)COC(=O)N1CCC2(CCc3cc(-c4cc(F)c(CS(=O)(=O)Cc5ccccn5)c(F)c4)ccc3O2)CC1. The van der Waals surface area contributed by atoms with Gasteiger partial charge in [-0.3, -0.25) is 4.98 Å². The van der Waals surface area contributed by atoms with E-state index in [4.69, 9.17) is 9.47 Å². The van der Waals surface area contributed by atoms with Gasteiger partial charge in [0.05, 0.1) is 23.8 Å². The fourth-order valence-electron chi connectivity index (χ4n) is 5.41. The normalized spacial score (nSPS) is 16.5. The lowest BCUT2D eigenvalue weighted by Gasteiger charge is -2.44.